The normalized spacial score (nSPS) is 11.1. The Labute approximate surface area is 115 Å². The number of methoxy groups -OCH3 is 1. The van der Waals surface area contributed by atoms with Gasteiger partial charge in [0.05, 0.1) is 12.9 Å². The number of ether oxygens (including phenoxy) is 1. The Morgan fingerprint density at radius 2 is 2.32 bits per heavy atom. The molecule has 0 aliphatic heterocycles. The Hall–Kier alpha value is -1.44. The lowest BCUT2D eigenvalue weighted by Gasteiger charge is -2.09. The first-order valence-corrected chi connectivity index (χ1v) is 6.36. The van der Waals surface area contributed by atoms with Gasteiger partial charge in [0.2, 0.25) is 5.28 Å². The third-order valence-corrected chi connectivity index (χ3v) is 2.78. The third-order valence-electron chi connectivity index (χ3n) is 2.61. The molecule has 0 atom stereocenters. The number of anilines is 1. The number of hydrogen-bond acceptors (Lipinski definition) is 6. The molecular formula is C11H16ClN5O2. The van der Waals surface area contributed by atoms with E-state index in [1.54, 1.807) is 13.4 Å². The van der Waals surface area contributed by atoms with Crippen LogP contribution in [0, 0.1) is 0 Å². The second-order valence-electron chi connectivity index (χ2n) is 3.95. The van der Waals surface area contributed by atoms with Crippen LogP contribution in [-0.2, 0) is 11.3 Å². The molecule has 2 rings (SSSR count). The number of imidazole rings is 1. The predicted octanol–water partition coefficient (Wildman–Crippen LogP) is 0.920. The molecule has 0 aliphatic rings. The van der Waals surface area contributed by atoms with Gasteiger partial charge in [-0.3, -0.25) is 0 Å². The molecule has 104 valence electrons. The van der Waals surface area contributed by atoms with Crippen LogP contribution in [0.25, 0.3) is 11.2 Å². The molecule has 2 heterocycles. The van der Waals surface area contributed by atoms with E-state index >= 15 is 0 Å². The van der Waals surface area contributed by atoms with Crippen molar-refractivity contribution >= 4 is 28.6 Å². The van der Waals surface area contributed by atoms with E-state index < -0.39 is 0 Å². The first-order chi connectivity index (χ1) is 9.26. The molecule has 8 heteroatoms. The Morgan fingerprint density at radius 1 is 1.47 bits per heavy atom. The average molecular weight is 286 g/mol. The summed E-state index contributed by atoms with van der Waals surface area (Å²) in [4.78, 5) is 12.5. The highest BCUT2D eigenvalue weighted by Gasteiger charge is 2.12. The minimum Gasteiger partial charge on any atom is -0.396 e. The number of halogens is 1. The minimum absolute atomic E-state index is 0.123. The summed E-state index contributed by atoms with van der Waals surface area (Å²) in [5.74, 6) is 0.622. The number of fused-ring (bicyclic) bond motifs is 1. The number of aliphatic hydroxyl groups excluding tert-OH is 1. The number of nitrogens with zero attached hydrogens (tertiary/aromatic N) is 4. The second kappa shape index (κ2) is 6.65. The minimum atomic E-state index is 0.123. The van der Waals surface area contributed by atoms with E-state index in [2.05, 4.69) is 20.3 Å². The molecule has 2 aromatic heterocycles. The van der Waals surface area contributed by atoms with Crippen molar-refractivity contribution in [1.82, 2.24) is 19.5 Å². The monoisotopic (exact) mass is 285 g/mol. The maximum absolute atomic E-state index is 8.81. The Bertz CT molecular complexity index is 545. The standard InChI is InChI=1S/C11H16ClN5O2/c1-19-6-4-17-7-14-10-8(17)9(13-3-2-5-18)15-11(12)16-10/h7,18H,2-6H2,1H3,(H,13,15,16). The summed E-state index contributed by atoms with van der Waals surface area (Å²) in [6.07, 6.45) is 2.32. The summed E-state index contributed by atoms with van der Waals surface area (Å²) in [7, 11) is 1.65. The molecule has 0 saturated carbocycles. The van der Waals surface area contributed by atoms with Crippen LogP contribution in [0.15, 0.2) is 6.33 Å². The van der Waals surface area contributed by atoms with E-state index in [0.717, 1.165) is 5.52 Å². The van der Waals surface area contributed by atoms with Crippen molar-refractivity contribution < 1.29 is 9.84 Å². The first-order valence-electron chi connectivity index (χ1n) is 5.98. The fraction of sp³-hybridized carbons (Fsp3) is 0.545. The van der Waals surface area contributed by atoms with Gasteiger partial charge in [0, 0.05) is 26.8 Å². The second-order valence-corrected chi connectivity index (χ2v) is 4.29. The van der Waals surface area contributed by atoms with Crippen LogP contribution in [-0.4, -0.2) is 51.5 Å². The lowest BCUT2D eigenvalue weighted by Crippen LogP contribution is -2.09. The van der Waals surface area contributed by atoms with Crippen LogP contribution in [0.3, 0.4) is 0 Å². The van der Waals surface area contributed by atoms with Gasteiger partial charge in [-0.25, -0.2) is 4.98 Å². The largest absolute Gasteiger partial charge is 0.396 e. The van der Waals surface area contributed by atoms with E-state index in [0.29, 0.717) is 37.6 Å². The van der Waals surface area contributed by atoms with E-state index in [4.69, 9.17) is 21.4 Å². The Morgan fingerprint density at radius 3 is 3.05 bits per heavy atom. The van der Waals surface area contributed by atoms with E-state index in [1.165, 1.54) is 0 Å². The molecule has 0 amide bonds. The van der Waals surface area contributed by atoms with Crippen molar-refractivity contribution in [3.05, 3.63) is 11.6 Å². The van der Waals surface area contributed by atoms with E-state index in [9.17, 15) is 0 Å². The molecular weight excluding hydrogens is 270 g/mol. The van der Waals surface area contributed by atoms with Gasteiger partial charge in [0.25, 0.3) is 0 Å². The summed E-state index contributed by atoms with van der Waals surface area (Å²) in [6, 6.07) is 0. The van der Waals surface area contributed by atoms with Crippen molar-refractivity contribution in [2.75, 3.05) is 32.2 Å². The summed E-state index contributed by atoms with van der Waals surface area (Å²) in [5.41, 5.74) is 1.34. The lowest BCUT2D eigenvalue weighted by molar-refractivity contribution is 0.188. The third kappa shape index (κ3) is 3.31. The van der Waals surface area contributed by atoms with Crippen LogP contribution < -0.4 is 5.32 Å². The zero-order valence-corrected chi connectivity index (χ0v) is 11.4. The van der Waals surface area contributed by atoms with E-state index in [1.807, 2.05) is 4.57 Å². The maximum atomic E-state index is 8.81. The average Bonchev–Trinajstić information content (AvgIpc) is 2.79. The van der Waals surface area contributed by atoms with E-state index in [-0.39, 0.29) is 11.9 Å². The highest BCUT2D eigenvalue weighted by Crippen LogP contribution is 2.21. The lowest BCUT2D eigenvalue weighted by atomic mass is 10.4. The zero-order chi connectivity index (χ0) is 13.7. The van der Waals surface area contributed by atoms with Gasteiger partial charge >= 0.3 is 0 Å². The van der Waals surface area contributed by atoms with Crippen LogP contribution in [0.2, 0.25) is 5.28 Å². The molecule has 0 spiro atoms. The van der Waals surface area contributed by atoms with Crippen molar-refractivity contribution in [1.29, 1.82) is 0 Å². The van der Waals surface area contributed by atoms with Gasteiger partial charge in [-0.2, -0.15) is 9.97 Å². The van der Waals surface area contributed by atoms with Crippen LogP contribution >= 0.6 is 11.6 Å². The molecule has 19 heavy (non-hydrogen) atoms. The quantitative estimate of drug-likeness (QED) is 0.581. The number of aromatic nitrogens is 4. The molecule has 0 aliphatic carbocycles. The van der Waals surface area contributed by atoms with Gasteiger partial charge in [-0.05, 0) is 18.0 Å². The molecule has 2 aromatic rings. The molecule has 0 fully saturated rings. The van der Waals surface area contributed by atoms with Crippen LogP contribution in [0.1, 0.15) is 6.42 Å². The molecule has 2 N–H and O–H groups in total. The highest BCUT2D eigenvalue weighted by molar-refractivity contribution is 6.28. The number of aliphatic hydroxyl groups is 1. The summed E-state index contributed by atoms with van der Waals surface area (Å²) in [6.45, 7) is 1.96. The molecule has 0 radical (unpaired) electrons. The predicted molar refractivity (Wildman–Crippen MR) is 72.4 cm³/mol. The van der Waals surface area contributed by atoms with Crippen molar-refractivity contribution in [2.24, 2.45) is 0 Å². The SMILES string of the molecule is COCCn1cnc2nc(Cl)nc(NCCCO)c21. The Balaban J connectivity index is 2.32. The maximum Gasteiger partial charge on any atom is 0.226 e. The summed E-state index contributed by atoms with van der Waals surface area (Å²) < 4.78 is 6.97. The molecule has 0 unspecified atom stereocenters. The zero-order valence-electron chi connectivity index (χ0n) is 10.6. The molecule has 7 nitrogen and oxygen atoms in total. The molecule has 0 saturated heterocycles. The molecule has 0 aromatic carbocycles. The van der Waals surface area contributed by atoms with Crippen LogP contribution in [0.5, 0.6) is 0 Å². The van der Waals surface area contributed by atoms with Crippen molar-refractivity contribution in [3.8, 4) is 0 Å². The van der Waals surface area contributed by atoms with Crippen molar-refractivity contribution in [2.45, 2.75) is 13.0 Å². The smallest absolute Gasteiger partial charge is 0.226 e. The first kappa shape index (κ1) is 14.0. The fourth-order valence-corrected chi connectivity index (χ4v) is 1.89. The van der Waals surface area contributed by atoms with Gasteiger partial charge in [-0.1, -0.05) is 0 Å². The molecule has 0 bridgehead atoms. The van der Waals surface area contributed by atoms with Gasteiger partial charge in [0.15, 0.2) is 11.5 Å². The van der Waals surface area contributed by atoms with Gasteiger partial charge in [0.1, 0.15) is 5.52 Å². The summed E-state index contributed by atoms with van der Waals surface area (Å²) >= 11 is 5.86. The summed E-state index contributed by atoms with van der Waals surface area (Å²) in [5, 5.41) is 12.1. The van der Waals surface area contributed by atoms with Crippen LogP contribution in [0.4, 0.5) is 5.82 Å². The fourth-order valence-electron chi connectivity index (χ4n) is 1.72. The topological polar surface area (TPSA) is 85.1 Å². The van der Waals surface area contributed by atoms with Gasteiger partial charge in [-0.15, -0.1) is 0 Å². The number of rotatable bonds is 7. The van der Waals surface area contributed by atoms with Crippen molar-refractivity contribution in [3.63, 3.8) is 0 Å². The Kier molecular flexibility index (Phi) is 4.89. The highest BCUT2D eigenvalue weighted by atomic mass is 35.5. The van der Waals surface area contributed by atoms with Gasteiger partial charge < -0.3 is 19.7 Å². The number of hydrogen-bond donors (Lipinski definition) is 2. The number of nitrogens with one attached hydrogen (secondary N) is 1.